The molecule has 5 rings (SSSR count). The Morgan fingerprint density at radius 2 is 1.95 bits per heavy atom. The van der Waals surface area contributed by atoms with Gasteiger partial charge in [-0.05, 0) is 43.0 Å². The number of hydrogen-bond donors (Lipinski definition) is 3. The number of aromatic nitrogens is 3. The second-order valence-electron chi connectivity index (χ2n) is 9.56. The maximum absolute atomic E-state index is 12.8. The van der Waals surface area contributed by atoms with E-state index in [9.17, 15) is 9.59 Å². The molecule has 0 spiro atoms. The summed E-state index contributed by atoms with van der Waals surface area (Å²) in [6.07, 6.45) is 7.47. The second kappa shape index (κ2) is 11.5. The molecule has 0 bridgehead atoms. The third-order valence-electron chi connectivity index (χ3n) is 6.73. The molecule has 1 unspecified atom stereocenters. The number of carbonyl (C=O) groups is 2. The van der Waals surface area contributed by atoms with Crippen molar-refractivity contribution in [2.75, 3.05) is 43.5 Å². The Kier molecular flexibility index (Phi) is 7.72. The van der Waals surface area contributed by atoms with Crippen molar-refractivity contribution >= 4 is 23.5 Å². The van der Waals surface area contributed by atoms with E-state index in [1.54, 1.807) is 12.3 Å². The summed E-state index contributed by atoms with van der Waals surface area (Å²) in [6, 6.07) is 13.5. The maximum atomic E-state index is 12.8. The van der Waals surface area contributed by atoms with Crippen molar-refractivity contribution in [2.24, 2.45) is 0 Å². The van der Waals surface area contributed by atoms with Crippen LogP contribution in [-0.2, 0) is 14.3 Å². The molecular weight excluding hydrogens is 468 g/mol. The number of carbonyl (C=O) groups excluding carboxylic acids is 2. The van der Waals surface area contributed by atoms with E-state index in [0.29, 0.717) is 17.6 Å². The highest BCUT2D eigenvalue weighted by atomic mass is 16.5. The lowest BCUT2D eigenvalue weighted by molar-refractivity contribution is -0.117. The lowest BCUT2D eigenvalue weighted by atomic mass is 9.96. The molecule has 1 aliphatic heterocycles. The van der Waals surface area contributed by atoms with Gasteiger partial charge in [-0.3, -0.25) is 19.6 Å². The van der Waals surface area contributed by atoms with Gasteiger partial charge in [-0.15, -0.1) is 0 Å². The first-order valence-corrected chi connectivity index (χ1v) is 12.8. The summed E-state index contributed by atoms with van der Waals surface area (Å²) < 4.78 is 5.33. The van der Waals surface area contributed by atoms with E-state index in [0.717, 1.165) is 55.2 Å². The van der Waals surface area contributed by atoms with Gasteiger partial charge in [0.25, 0.3) is 0 Å². The Morgan fingerprint density at radius 1 is 1.11 bits per heavy atom. The molecule has 1 saturated heterocycles. The standard InChI is InChI=1S/C28H32N6O3/c1-19(28(36)31-26-17-24(32-33-26)20-7-8-20)21-4-2-5-22(16-21)23-9-10-25(29-18-23)30-27(35)6-3-11-34-12-14-37-15-13-34/h2-6,9-10,16-20H,7-8,11-15H2,1H3,(H,29,30,35)(H2,31,32,33,36). The van der Waals surface area contributed by atoms with Gasteiger partial charge in [-0.2, -0.15) is 5.10 Å². The Morgan fingerprint density at radius 3 is 2.70 bits per heavy atom. The van der Waals surface area contributed by atoms with Gasteiger partial charge in [0.1, 0.15) is 5.82 Å². The van der Waals surface area contributed by atoms with Crippen molar-refractivity contribution in [3.05, 3.63) is 72.1 Å². The largest absolute Gasteiger partial charge is 0.379 e. The van der Waals surface area contributed by atoms with Gasteiger partial charge in [0.2, 0.25) is 11.8 Å². The zero-order chi connectivity index (χ0) is 25.6. The summed E-state index contributed by atoms with van der Waals surface area (Å²) in [6.45, 7) is 5.83. The minimum atomic E-state index is -0.350. The molecular formula is C28H32N6O3. The molecule has 3 heterocycles. The molecule has 2 fully saturated rings. The average Bonchev–Trinajstić information content (AvgIpc) is 3.68. The van der Waals surface area contributed by atoms with Crippen molar-refractivity contribution in [3.63, 3.8) is 0 Å². The number of ether oxygens (including phenoxy) is 1. The van der Waals surface area contributed by atoms with E-state index in [1.165, 1.54) is 18.9 Å². The van der Waals surface area contributed by atoms with Crippen molar-refractivity contribution in [2.45, 2.75) is 31.6 Å². The number of hydrogen-bond acceptors (Lipinski definition) is 6. The van der Waals surface area contributed by atoms with Crippen molar-refractivity contribution in [1.82, 2.24) is 20.1 Å². The maximum Gasteiger partial charge on any atom is 0.249 e. The molecule has 2 aromatic heterocycles. The Hall–Kier alpha value is -3.82. The molecule has 3 N–H and O–H groups in total. The summed E-state index contributed by atoms with van der Waals surface area (Å²) in [5, 5.41) is 12.9. The average molecular weight is 501 g/mol. The predicted octanol–water partition coefficient (Wildman–Crippen LogP) is 3.92. The zero-order valence-electron chi connectivity index (χ0n) is 20.9. The Labute approximate surface area is 216 Å². The molecule has 2 aliphatic rings. The first-order valence-electron chi connectivity index (χ1n) is 12.8. The molecule has 1 aliphatic carbocycles. The smallest absolute Gasteiger partial charge is 0.249 e. The zero-order valence-corrected chi connectivity index (χ0v) is 20.9. The Balaban J connectivity index is 1.16. The third kappa shape index (κ3) is 6.69. The van der Waals surface area contributed by atoms with Crippen LogP contribution in [0.15, 0.2) is 60.8 Å². The molecule has 1 saturated carbocycles. The van der Waals surface area contributed by atoms with Crippen LogP contribution in [0.1, 0.15) is 42.9 Å². The number of benzene rings is 1. The van der Waals surface area contributed by atoms with Crippen LogP contribution >= 0.6 is 0 Å². The Bertz CT molecular complexity index is 1260. The minimum absolute atomic E-state index is 0.108. The molecule has 9 nitrogen and oxygen atoms in total. The first-order chi connectivity index (χ1) is 18.0. The fraction of sp³-hybridized carbons (Fsp3) is 0.357. The van der Waals surface area contributed by atoms with E-state index in [2.05, 4.69) is 30.7 Å². The quantitative estimate of drug-likeness (QED) is 0.384. The topological polar surface area (TPSA) is 112 Å². The monoisotopic (exact) mass is 500 g/mol. The highest BCUT2D eigenvalue weighted by molar-refractivity contribution is 5.98. The van der Waals surface area contributed by atoms with Crippen LogP contribution in [0.2, 0.25) is 0 Å². The van der Waals surface area contributed by atoms with Crippen LogP contribution in [0.4, 0.5) is 11.6 Å². The number of nitrogens with one attached hydrogen (secondary N) is 3. The van der Waals surface area contributed by atoms with Gasteiger partial charge in [0, 0.05) is 55.1 Å². The number of pyridine rings is 1. The summed E-state index contributed by atoms with van der Waals surface area (Å²) in [5.74, 6) is 0.931. The van der Waals surface area contributed by atoms with Crippen molar-refractivity contribution in [1.29, 1.82) is 0 Å². The molecule has 1 aromatic carbocycles. The van der Waals surface area contributed by atoms with E-state index in [4.69, 9.17) is 4.74 Å². The van der Waals surface area contributed by atoms with Crippen LogP contribution in [0.5, 0.6) is 0 Å². The van der Waals surface area contributed by atoms with Crippen LogP contribution in [-0.4, -0.2) is 64.7 Å². The van der Waals surface area contributed by atoms with Gasteiger partial charge in [0.15, 0.2) is 5.82 Å². The number of morpholine rings is 1. The SMILES string of the molecule is CC(C(=O)Nc1cc(C2CC2)[nH]n1)c1cccc(-c2ccc(NC(=O)C=CCN3CCOCC3)nc2)c1. The number of anilines is 2. The van der Waals surface area contributed by atoms with Crippen molar-refractivity contribution < 1.29 is 14.3 Å². The number of rotatable bonds is 9. The van der Waals surface area contributed by atoms with Crippen LogP contribution in [0, 0.1) is 0 Å². The van der Waals surface area contributed by atoms with Crippen LogP contribution < -0.4 is 10.6 Å². The number of amides is 2. The van der Waals surface area contributed by atoms with E-state index in [1.807, 2.05) is 49.4 Å². The lowest BCUT2D eigenvalue weighted by Gasteiger charge is -2.24. The van der Waals surface area contributed by atoms with Crippen molar-refractivity contribution in [3.8, 4) is 11.1 Å². The number of H-pyrrole nitrogens is 1. The van der Waals surface area contributed by atoms with Gasteiger partial charge < -0.3 is 15.4 Å². The highest BCUT2D eigenvalue weighted by Gasteiger charge is 2.26. The fourth-order valence-electron chi connectivity index (χ4n) is 4.28. The number of aromatic amines is 1. The van der Waals surface area contributed by atoms with Gasteiger partial charge in [0.05, 0.1) is 19.1 Å². The molecule has 2 amide bonds. The molecule has 192 valence electrons. The van der Waals surface area contributed by atoms with Gasteiger partial charge in [-0.1, -0.05) is 30.3 Å². The van der Waals surface area contributed by atoms with Gasteiger partial charge in [-0.25, -0.2) is 4.98 Å². The molecule has 37 heavy (non-hydrogen) atoms. The summed E-state index contributed by atoms with van der Waals surface area (Å²) in [4.78, 5) is 31.7. The minimum Gasteiger partial charge on any atom is -0.379 e. The number of nitrogens with zero attached hydrogens (tertiary/aromatic N) is 3. The highest BCUT2D eigenvalue weighted by Crippen LogP contribution is 2.39. The molecule has 9 heteroatoms. The normalized spacial score (nSPS) is 17.0. The van der Waals surface area contributed by atoms with E-state index < -0.39 is 0 Å². The van der Waals surface area contributed by atoms with Crippen LogP contribution in [0.25, 0.3) is 11.1 Å². The van der Waals surface area contributed by atoms with Gasteiger partial charge >= 0.3 is 0 Å². The molecule has 1 atom stereocenters. The molecule has 3 aromatic rings. The lowest BCUT2D eigenvalue weighted by Crippen LogP contribution is -2.36. The first kappa shape index (κ1) is 24.9. The summed E-state index contributed by atoms with van der Waals surface area (Å²) >= 11 is 0. The fourth-order valence-corrected chi connectivity index (χ4v) is 4.28. The summed E-state index contributed by atoms with van der Waals surface area (Å²) in [7, 11) is 0. The molecule has 0 radical (unpaired) electrons. The summed E-state index contributed by atoms with van der Waals surface area (Å²) in [5.41, 5.74) is 3.83. The van der Waals surface area contributed by atoms with Crippen LogP contribution in [0.3, 0.4) is 0 Å². The van der Waals surface area contributed by atoms with E-state index in [-0.39, 0.29) is 17.7 Å². The van der Waals surface area contributed by atoms with E-state index >= 15 is 0 Å². The third-order valence-corrected chi connectivity index (χ3v) is 6.73. The second-order valence-corrected chi connectivity index (χ2v) is 9.56. The predicted molar refractivity (Wildman–Crippen MR) is 142 cm³/mol.